The van der Waals surface area contributed by atoms with E-state index in [1.807, 2.05) is 0 Å². The third-order valence-corrected chi connectivity index (χ3v) is 3.99. The highest BCUT2D eigenvalue weighted by Crippen LogP contribution is 2.57. The van der Waals surface area contributed by atoms with Crippen LogP contribution >= 0.6 is 23.2 Å². The maximum Gasteiger partial charge on any atom is 0.229 e. The van der Waals surface area contributed by atoms with Crippen molar-refractivity contribution in [1.82, 2.24) is 9.97 Å². The van der Waals surface area contributed by atoms with Crippen molar-refractivity contribution in [2.75, 3.05) is 5.32 Å². The fraction of sp³-hybridized carbons (Fsp3) is 0.545. The molecule has 2 unspecified atom stereocenters. The Kier molecular flexibility index (Phi) is 2.71. The lowest BCUT2D eigenvalue weighted by molar-refractivity contribution is -0.118. The van der Waals surface area contributed by atoms with Crippen molar-refractivity contribution in [3.63, 3.8) is 0 Å². The smallest absolute Gasteiger partial charge is 0.229 e. The molecule has 0 radical (unpaired) electrons. The van der Waals surface area contributed by atoms with Crippen molar-refractivity contribution in [1.29, 1.82) is 0 Å². The van der Waals surface area contributed by atoms with E-state index >= 15 is 0 Å². The molecule has 6 heteroatoms. The van der Waals surface area contributed by atoms with Gasteiger partial charge in [-0.05, 0) is 36.3 Å². The minimum absolute atomic E-state index is 0.0329. The van der Waals surface area contributed by atoms with Gasteiger partial charge < -0.3 is 5.32 Å². The number of fused-ring (bicyclic) bond motifs is 1. The van der Waals surface area contributed by atoms with E-state index in [1.165, 1.54) is 25.3 Å². The van der Waals surface area contributed by atoms with Gasteiger partial charge in [0.05, 0.1) is 0 Å². The van der Waals surface area contributed by atoms with Crippen LogP contribution in [-0.2, 0) is 4.79 Å². The third kappa shape index (κ3) is 2.11. The second-order valence-corrected chi connectivity index (χ2v) is 5.34. The second-order valence-electron chi connectivity index (χ2n) is 4.62. The average Bonchev–Trinajstić information content (AvgIpc) is 2.72. The number of anilines is 1. The normalized spacial score (nSPS) is 29.9. The maximum atomic E-state index is 12.0. The molecule has 2 saturated carbocycles. The Morgan fingerprint density at radius 2 is 2.00 bits per heavy atom. The van der Waals surface area contributed by atoms with Gasteiger partial charge in [-0.15, -0.1) is 0 Å². The number of aromatic nitrogens is 2. The summed E-state index contributed by atoms with van der Waals surface area (Å²) in [7, 11) is 0. The van der Waals surface area contributed by atoms with E-state index in [0.29, 0.717) is 17.7 Å². The lowest BCUT2D eigenvalue weighted by atomic mass is 10.1. The Morgan fingerprint density at radius 3 is 2.65 bits per heavy atom. The van der Waals surface area contributed by atoms with Crippen LogP contribution in [0.1, 0.15) is 19.3 Å². The minimum Gasteiger partial charge on any atom is -0.310 e. The van der Waals surface area contributed by atoms with Crippen molar-refractivity contribution >= 4 is 34.9 Å². The summed E-state index contributed by atoms with van der Waals surface area (Å²) < 4.78 is 0. The number of carbonyl (C=O) groups excluding carboxylic acids is 1. The molecule has 1 amide bonds. The molecule has 17 heavy (non-hydrogen) atoms. The quantitative estimate of drug-likeness (QED) is 0.665. The number of nitrogens with zero attached hydrogens (tertiary/aromatic N) is 2. The highest BCUT2D eigenvalue weighted by atomic mass is 35.5. The summed E-state index contributed by atoms with van der Waals surface area (Å²) >= 11 is 11.4. The fourth-order valence-electron chi connectivity index (χ4n) is 2.87. The maximum absolute atomic E-state index is 12.0. The number of amides is 1. The number of rotatable bonds is 2. The predicted octanol–water partition coefficient (Wildman–Crippen LogP) is 2.77. The molecule has 0 aromatic carbocycles. The van der Waals surface area contributed by atoms with Gasteiger partial charge in [0.15, 0.2) is 0 Å². The third-order valence-electron chi connectivity index (χ3n) is 3.63. The summed E-state index contributed by atoms with van der Waals surface area (Å²) in [6.07, 6.45) is 3.60. The fourth-order valence-corrected chi connectivity index (χ4v) is 3.28. The van der Waals surface area contributed by atoms with Gasteiger partial charge in [-0.25, -0.2) is 9.97 Å². The van der Waals surface area contributed by atoms with E-state index < -0.39 is 0 Å². The summed E-state index contributed by atoms with van der Waals surface area (Å²) in [5, 5.41) is 3.03. The highest BCUT2D eigenvalue weighted by Gasteiger charge is 2.56. The first-order valence-electron chi connectivity index (χ1n) is 5.66. The van der Waals surface area contributed by atoms with Crippen LogP contribution in [0.25, 0.3) is 0 Å². The number of halogens is 2. The van der Waals surface area contributed by atoms with E-state index in [1.54, 1.807) is 0 Å². The van der Waals surface area contributed by atoms with Gasteiger partial charge in [0.1, 0.15) is 11.0 Å². The van der Waals surface area contributed by atoms with E-state index in [0.717, 1.165) is 0 Å². The molecule has 3 rings (SSSR count). The van der Waals surface area contributed by atoms with Crippen LogP contribution in [-0.4, -0.2) is 15.9 Å². The molecule has 0 saturated heterocycles. The number of carbonyl (C=O) groups is 1. The number of hydrogen-bond donors (Lipinski definition) is 1. The van der Waals surface area contributed by atoms with Gasteiger partial charge in [-0.1, -0.05) is 18.0 Å². The van der Waals surface area contributed by atoms with Gasteiger partial charge in [0.25, 0.3) is 0 Å². The van der Waals surface area contributed by atoms with Crippen LogP contribution in [0.15, 0.2) is 6.07 Å². The summed E-state index contributed by atoms with van der Waals surface area (Å²) in [4.78, 5) is 19.6. The Morgan fingerprint density at radius 1 is 1.29 bits per heavy atom. The van der Waals surface area contributed by atoms with Gasteiger partial charge in [-0.2, -0.15) is 0 Å². The molecule has 1 heterocycles. The van der Waals surface area contributed by atoms with Crippen molar-refractivity contribution in [2.24, 2.45) is 17.8 Å². The van der Waals surface area contributed by atoms with E-state index in [9.17, 15) is 4.79 Å². The number of nitrogens with one attached hydrogen (secondary N) is 1. The second kappa shape index (κ2) is 4.10. The van der Waals surface area contributed by atoms with Crippen LogP contribution in [0.3, 0.4) is 0 Å². The van der Waals surface area contributed by atoms with Crippen LogP contribution in [0, 0.1) is 17.8 Å². The summed E-state index contributed by atoms with van der Waals surface area (Å²) in [6, 6.07) is 1.50. The Hall–Kier alpha value is -0.870. The molecule has 0 bridgehead atoms. The lowest BCUT2D eigenvalue weighted by Crippen LogP contribution is -2.17. The Labute approximate surface area is 109 Å². The van der Waals surface area contributed by atoms with E-state index in [4.69, 9.17) is 23.2 Å². The Bertz CT molecular complexity index is 450. The number of hydrogen-bond acceptors (Lipinski definition) is 3. The molecule has 1 aromatic rings. The highest BCUT2D eigenvalue weighted by molar-refractivity contribution is 6.32. The first kappa shape index (κ1) is 11.2. The molecule has 0 spiro atoms. The zero-order chi connectivity index (χ0) is 12.0. The lowest BCUT2D eigenvalue weighted by Gasteiger charge is -2.06. The summed E-state index contributed by atoms with van der Waals surface area (Å²) in [6.45, 7) is 0. The zero-order valence-electron chi connectivity index (χ0n) is 8.99. The monoisotopic (exact) mass is 271 g/mol. The SMILES string of the molecule is O=C(Nc1cc(Cl)nc(Cl)n1)C1C2CCCC21. The predicted molar refractivity (Wildman–Crippen MR) is 65.0 cm³/mol. The molecule has 90 valence electrons. The van der Waals surface area contributed by atoms with Gasteiger partial charge >= 0.3 is 0 Å². The molecule has 4 nitrogen and oxygen atoms in total. The molecule has 2 fully saturated rings. The van der Waals surface area contributed by atoms with Crippen LogP contribution in [0.2, 0.25) is 10.4 Å². The largest absolute Gasteiger partial charge is 0.310 e. The topological polar surface area (TPSA) is 54.9 Å². The molecule has 1 aromatic heterocycles. The molecule has 2 aliphatic rings. The molecule has 2 aliphatic carbocycles. The Balaban J connectivity index is 1.68. The average molecular weight is 272 g/mol. The molecule has 1 N–H and O–H groups in total. The van der Waals surface area contributed by atoms with Crippen LogP contribution < -0.4 is 5.32 Å². The molecular weight excluding hydrogens is 261 g/mol. The molecular formula is C11H11Cl2N3O. The van der Waals surface area contributed by atoms with Crippen LogP contribution in [0.4, 0.5) is 5.82 Å². The van der Waals surface area contributed by atoms with Crippen molar-refractivity contribution in [3.8, 4) is 0 Å². The summed E-state index contributed by atoms with van der Waals surface area (Å²) in [5.74, 6) is 1.75. The van der Waals surface area contributed by atoms with Gasteiger partial charge in [0, 0.05) is 12.0 Å². The standard InChI is InChI=1S/C11H11Cl2N3O/c12-7-4-8(16-11(13)14-7)15-10(17)9-5-2-1-3-6(5)9/h4-6,9H,1-3H2,(H,14,15,16,17). The first-order valence-corrected chi connectivity index (χ1v) is 6.41. The summed E-state index contributed by atoms with van der Waals surface area (Å²) in [5.41, 5.74) is 0. The first-order chi connectivity index (χ1) is 8.15. The van der Waals surface area contributed by atoms with Crippen LogP contribution in [0.5, 0.6) is 0 Å². The van der Waals surface area contributed by atoms with E-state index in [-0.39, 0.29) is 22.3 Å². The molecule has 0 aliphatic heterocycles. The van der Waals surface area contributed by atoms with Crippen molar-refractivity contribution in [2.45, 2.75) is 19.3 Å². The van der Waals surface area contributed by atoms with Crippen molar-refractivity contribution in [3.05, 3.63) is 16.5 Å². The van der Waals surface area contributed by atoms with E-state index in [2.05, 4.69) is 15.3 Å². The van der Waals surface area contributed by atoms with Gasteiger partial charge in [0.2, 0.25) is 11.2 Å². The van der Waals surface area contributed by atoms with Crippen molar-refractivity contribution < 1.29 is 4.79 Å². The molecule has 2 atom stereocenters. The van der Waals surface area contributed by atoms with Gasteiger partial charge in [-0.3, -0.25) is 4.79 Å². The minimum atomic E-state index is 0.0329. The zero-order valence-corrected chi connectivity index (χ0v) is 10.5.